The summed E-state index contributed by atoms with van der Waals surface area (Å²) in [5, 5.41) is 15.5. The number of carbonyl (C=O) groups is 2. The molecular formula is C16H14F3N3O3. The molecule has 1 unspecified atom stereocenters. The van der Waals surface area contributed by atoms with Gasteiger partial charge in [0.05, 0.1) is 11.3 Å². The molecule has 1 aromatic heterocycles. The molecule has 1 aromatic carbocycles. The van der Waals surface area contributed by atoms with Crippen molar-refractivity contribution >= 4 is 11.9 Å². The van der Waals surface area contributed by atoms with Crippen LogP contribution in [0.2, 0.25) is 0 Å². The minimum Gasteiger partial charge on any atom is -0.480 e. The molecule has 2 aromatic rings. The average molecular weight is 353 g/mol. The number of hydrogen-bond donors (Lipinski definition) is 2. The van der Waals surface area contributed by atoms with Gasteiger partial charge in [-0.1, -0.05) is 6.07 Å². The van der Waals surface area contributed by atoms with E-state index in [9.17, 15) is 22.8 Å². The van der Waals surface area contributed by atoms with Gasteiger partial charge in [0.2, 0.25) is 0 Å². The first-order valence-corrected chi connectivity index (χ1v) is 7.52. The lowest BCUT2D eigenvalue weighted by atomic mass is 10.2. The van der Waals surface area contributed by atoms with Gasteiger partial charge in [-0.3, -0.25) is 4.79 Å². The van der Waals surface area contributed by atoms with Crippen LogP contribution < -0.4 is 5.32 Å². The highest BCUT2D eigenvalue weighted by atomic mass is 19.4. The molecule has 0 bridgehead atoms. The number of carboxylic acids is 1. The van der Waals surface area contributed by atoms with E-state index in [4.69, 9.17) is 5.11 Å². The molecule has 1 amide bonds. The molecule has 1 saturated carbocycles. The molecule has 0 saturated heterocycles. The first-order valence-electron chi connectivity index (χ1n) is 7.52. The smallest absolute Gasteiger partial charge is 0.416 e. The maximum Gasteiger partial charge on any atom is 0.416 e. The first kappa shape index (κ1) is 17.0. The van der Waals surface area contributed by atoms with Crippen LogP contribution in [-0.4, -0.2) is 32.8 Å². The van der Waals surface area contributed by atoms with Crippen molar-refractivity contribution in [1.29, 1.82) is 0 Å². The molecule has 1 aliphatic carbocycles. The summed E-state index contributed by atoms with van der Waals surface area (Å²) in [5.74, 6) is -1.88. The largest absolute Gasteiger partial charge is 0.480 e. The fourth-order valence-corrected chi connectivity index (χ4v) is 2.44. The van der Waals surface area contributed by atoms with Gasteiger partial charge in [0, 0.05) is 6.20 Å². The zero-order valence-electron chi connectivity index (χ0n) is 12.8. The predicted octanol–water partition coefficient (Wildman–Crippen LogP) is 2.48. The molecule has 0 aliphatic heterocycles. The van der Waals surface area contributed by atoms with Crippen molar-refractivity contribution in [3.8, 4) is 5.69 Å². The Balaban J connectivity index is 1.78. The second kappa shape index (κ2) is 6.23. The van der Waals surface area contributed by atoms with Crippen LogP contribution in [0.4, 0.5) is 13.2 Å². The van der Waals surface area contributed by atoms with Gasteiger partial charge in [0.15, 0.2) is 5.69 Å². The highest BCUT2D eigenvalue weighted by Crippen LogP contribution is 2.33. The molecule has 1 atom stereocenters. The van der Waals surface area contributed by atoms with Gasteiger partial charge in [0.25, 0.3) is 5.91 Å². The van der Waals surface area contributed by atoms with Gasteiger partial charge in [-0.25, -0.2) is 9.48 Å². The molecule has 1 fully saturated rings. The molecule has 0 spiro atoms. The van der Waals surface area contributed by atoms with Gasteiger partial charge in [-0.2, -0.15) is 18.3 Å². The van der Waals surface area contributed by atoms with Crippen LogP contribution in [0.1, 0.15) is 28.9 Å². The summed E-state index contributed by atoms with van der Waals surface area (Å²) >= 11 is 0. The van der Waals surface area contributed by atoms with E-state index in [0.717, 1.165) is 29.7 Å². The lowest BCUT2D eigenvalue weighted by Crippen LogP contribution is -2.42. The Bertz CT molecular complexity index is 812. The third-order valence-corrected chi connectivity index (χ3v) is 3.91. The second-order valence-electron chi connectivity index (χ2n) is 5.82. The second-order valence-corrected chi connectivity index (χ2v) is 5.82. The summed E-state index contributed by atoms with van der Waals surface area (Å²) in [6, 6.07) is 4.86. The van der Waals surface area contributed by atoms with Crippen molar-refractivity contribution in [3.63, 3.8) is 0 Å². The van der Waals surface area contributed by atoms with E-state index in [0.29, 0.717) is 0 Å². The van der Waals surface area contributed by atoms with Crippen LogP contribution in [0.3, 0.4) is 0 Å². The Hall–Kier alpha value is -2.84. The first-order chi connectivity index (χ1) is 11.8. The van der Waals surface area contributed by atoms with Crippen LogP contribution in [0.25, 0.3) is 5.69 Å². The molecule has 2 N–H and O–H groups in total. The molecule has 6 nitrogen and oxygen atoms in total. The fraction of sp³-hybridized carbons (Fsp3) is 0.312. The van der Waals surface area contributed by atoms with Crippen LogP contribution in [-0.2, 0) is 11.0 Å². The number of aliphatic carboxylic acids is 1. The van der Waals surface area contributed by atoms with Crippen molar-refractivity contribution in [3.05, 3.63) is 47.8 Å². The molecule has 1 heterocycles. The van der Waals surface area contributed by atoms with Crippen molar-refractivity contribution in [2.24, 2.45) is 5.92 Å². The van der Waals surface area contributed by atoms with Gasteiger partial charge < -0.3 is 10.4 Å². The van der Waals surface area contributed by atoms with Gasteiger partial charge >= 0.3 is 12.1 Å². The van der Waals surface area contributed by atoms with E-state index in [1.807, 2.05) is 0 Å². The average Bonchev–Trinajstić information content (AvgIpc) is 3.26. The lowest BCUT2D eigenvalue weighted by molar-refractivity contribution is -0.140. The molecule has 1 aliphatic rings. The normalized spacial score (nSPS) is 15.6. The summed E-state index contributed by atoms with van der Waals surface area (Å²) in [5.41, 5.74) is -0.749. The minimum absolute atomic E-state index is 0.0655. The number of rotatable bonds is 5. The summed E-state index contributed by atoms with van der Waals surface area (Å²) in [6.07, 6.45) is -1.68. The number of amides is 1. The predicted molar refractivity (Wildman–Crippen MR) is 80.2 cm³/mol. The third kappa shape index (κ3) is 3.81. The van der Waals surface area contributed by atoms with Crippen molar-refractivity contribution in [2.75, 3.05) is 0 Å². The Morgan fingerprint density at radius 2 is 2.00 bits per heavy atom. The number of benzene rings is 1. The van der Waals surface area contributed by atoms with E-state index in [2.05, 4.69) is 10.4 Å². The van der Waals surface area contributed by atoms with Crippen molar-refractivity contribution in [1.82, 2.24) is 15.1 Å². The molecule has 25 heavy (non-hydrogen) atoms. The maximum atomic E-state index is 12.8. The number of aromatic nitrogens is 2. The Labute approximate surface area is 140 Å². The Morgan fingerprint density at radius 1 is 1.28 bits per heavy atom. The van der Waals surface area contributed by atoms with Gasteiger partial charge in [0.1, 0.15) is 6.04 Å². The van der Waals surface area contributed by atoms with Gasteiger partial charge in [-0.05, 0) is 43.0 Å². The molecular weight excluding hydrogens is 339 g/mol. The van der Waals surface area contributed by atoms with E-state index < -0.39 is 29.7 Å². The lowest BCUT2D eigenvalue weighted by Gasteiger charge is -2.12. The monoisotopic (exact) mass is 353 g/mol. The fourth-order valence-electron chi connectivity index (χ4n) is 2.44. The van der Waals surface area contributed by atoms with Crippen molar-refractivity contribution in [2.45, 2.75) is 25.1 Å². The molecule has 132 valence electrons. The Kier molecular flexibility index (Phi) is 4.23. The van der Waals surface area contributed by atoms with E-state index in [1.54, 1.807) is 0 Å². The van der Waals surface area contributed by atoms with Crippen LogP contribution >= 0.6 is 0 Å². The summed E-state index contributed by atoms with van der Waals surface area (Å²) in [4.78, 5) is 23.3. The zero-order chi connectivity index (χ0) is 18.2. The topological polar surface area (TPSA) is 84.2 Å². The van der Waals surface area contributed by atoms with Gasteiger partial charge in [-0.15, -0.1) is 0 Å². The van der Waals surface area contributed by atoms with E-state index >= 15 is 0 Å². The van der Waals surface area contributed by atoms with Crippen LogP contribution in [0.5, 0.6) is 0 Å². The zero-order valence-corrected chi connectivity index (χ0v) is 12.8. The summed E-state index contributed by atoms with van der Waals surface area (Å²) < 4.78 is 39.4. The molecule has 3 rings (SSSR count). The summed E-state index contributed by atoms with van der Waals surface area (Å²) in [6.45, 7) is 0. The highest BCUT2D eigenvalue weighted by molar-refractivity contribution is 5.95. The maximum absolute atomic E-state index is 12.8. The standard InChI is InChI=1S/C16H14F3N3O3/c17-16(18,19)10-2-1-3-11(8-10)22-7-6-12(21-22)14(23)20-13(15(24)25)9-4-5-9/h1-3,6-9,13H,4-5H2,(H,20,23)(H,24,25). The number of halogens is 3. The minimum atomic E-state index is -4.48. The highest BCUT2D eigenvalue weighted by Gasteiger charge is 2.37. The number of alkyl halides is 3. The Morgan fingerprint density at radius 3 is 2.60 bits per heavy atom. The third-order valence-electron chi connectivity index (χ3n) is 3.91. The summed E-state index contributed by atoms with van der Waals surface area (Å²) in [7, 11) is 0. The number of hydrogen-bond acceptors (Lipinski definition) is 3. The van der Waals surface area contributed by atoms with Crippen LogP contribution in [0.15, 0.2) is 36.5 Å². The number of carbonyl (C=O) groups excluding carboxylic acids is 1. The number of nitrogens with one attached hydrogen (secondary N) is 1. The van der Waals surface area contributed by atoms with Crippen molar-refractivity contribution < 1.29 is 27.9 Å². The molecule has 0 radical (unpaired) electrons. The number of nitrogens with zero attached hydrogens (tertiary/aromatic N) is 2. The van der Waals surface area contributed by atoms with E-state index in [1.165, 1.54) is 24.4 Å². The van der Waals surface area contributed by atoms with E-state index in [-0.39, 0.29) is 17.3 Å². The molecule has 9 heteroatoms. The number of carboxylic acid groups (broad SMARTS) is 1. The quantitative estimate of drug-likeness (QED) is 0.865. The van der Waals surface area contributed by atoms with Crippen LogP contribution in [0, 0.1) is 5.92 Å². The SMILES string of the molecule is O=C(NC(C(=O)O)C1CC1)c1ccn(-c2cccc(C(F)(F)F)c2)n1.